The van der Waals surface area contributed by atoms with Crippen LogP contribution in [0.2, 0.25) is 0 Å². The van der Waals surface area contributed by atoms with Gasteiger partial charge < -0.3 is 5.32 Å². The van der Waals surface area contributed by atoms with Crippen molar-refractivity contribution in [3.05, 3.63) is 39.9 Å². The van der Waals surface area contributed by atoms with E-state index in [9.17, 15) is 19.7 Å². The number of benzene rings is 1. The van der Waals surface area contributed by atoms with E-state index < -0.39 is 4.92 Å². The van der Waals surface area contributed by atoms with Crippen LogP contribution in [0.15, 0.2) is 24.3 Å². The number of nitrogens with zero attached hydrogens (tertiary/aromatic N) is 1. The molecule has 0 bridgehead atoms. The van der Waals surface area contributed by atoms with E-state index in [-0.39, 0.29) is 30.3 Å². The van der Waals surface area contributed by atoms with Crippen molar-refractivity contribution in [2.45, 2.75) is 19.9 Å². The Balaban J connectivity index is 2.57. The van der Waals surface area contributed by atoms with E-state index in [0.29, 0.717) is 5.56 Å². The summed E-state index contributed by atoms with van der Waals surface area (Å²) in [5, 5.41) is 13.0. The van der Waals surface area contributed by atoms with Gasteiger partial charge >= 0.3 is 0 Å². The van der Waals surface area contributed by atoms with Gasteiger partial charge in [-0.05, 0) is 12.5 Å². The first-order valence-electron chi connectivity index (χ1n) is 4.98. The summed E-state index contributed by atoms with van der Waals surface area (Å²) in [5.41, 5.74) is 0.597. The average molecular weight is 236 g/mol. The van der Waals surface area contributed by atoms with Crippen LogP contribution in [0.3, 0.4) is 0 Å². The summed E-state index contributed by atoms with van der Waals surface area (Å²) < 4.78 is 0. The highest BCUT2D eigenvalue weighted by atomic mass is 16.6. The number of hydrogen-bond acceptors (Lipinski definition) is 4. The number of amides is 1. The molecule has 0 unspecified atom stereocenters. The highest BCUT2D eigenvalue weighted by molar-refractivity contribution is 5.96. The molecule has 0 spiro atoms. The van der Waals surface area contributed by atoms with Crippen LogP contribution in [-0.2, 0) is 16.1 Å². The van der Waals surface area contributed by atoms with E-state index in [1.54, 1.807) is 12.1 Å². The number of carbonyl (C=O) groups excluding carboxylic acids is 2. The lowest BCUT2D eigenvalue weighted by atomic mass is 10.2. The molecule has 0 fully saturated rings. The van der Waals surface area contributed by atoms with Gasteiger partial charge in [-0.25, -0.2) is 0 Å². The van der Waals surface area contributed by atoms with Crippen molar-refractivity contribution in [1.82, 2.24) is 5.32 Å². The summed E-state index contributed by atoms with van der Waals surface area (Å²) in [5.74, 6) is -0.606. The molecular formula is C11H12N2O4. The predicted molar refractivity (Wildman–Crippen MR) is 60.2 cm³/mol. The Morgan fingerprint density at radius 3 is 2.71 bits per heavy atom. The maximum atomic E-state index is 11.2. The zero-order chi connectivity index (χ0) is 12.8. The van der Waals surface area contributed by atoms with Gasteiger partial charge in [0, 0.05) is 18.7 Å². The number of hydrogen-bond donors (Lipinski definition) is 1. The van der Waals surface area contributed by atoms with E-state index in [1.165, 1.54) is 19.1 Å². The minimum Gasteiger partial charge on any atom is -0.352 e. The van der Waals surface area contributed by atoms with Crippen LogP contribution >= 0.6 is 0 Å². The van der Waals surface area contributed by atoms with Crippen molar-refractivity contribution in [3.8, 4) is 0 Å². The molecule has 0 radical (unpaired) electrons. The Labute approximate surface area is 97.8 Å². The molecular weight excluding hydrogens is 224 g/mol. The van der Waals surface area contributed by atoms with Crippen molar-refractivity contribution in [3.63, 3.8) is 0 Å². The predicted octanol–water partition coefficient (Wildman–Crippen LogP) is 1.19. The Morgan fingerprint density at radius 2 is 2.12 bits per heavy atom. The van der Waals surface area contributed by atoms with Gasteiger partial charge in [0.15, 0.2) is 0 Å². The molecule has 90 valence electrons. The molecule has 1 rings (SSSR count). The van der Waals surface area contributed by atoms with E-state index in [4.69, 9.17) is 0 Å². The minimum absolute atomic E-state index is 0.0247. The fourth-order valence-corrected chi connectivity index (χ4v) is 1.27. The second-order valence-electron chi connectivity index (χ2n) is 3.58. The quantitative estimate of drug-likeness (QED) is 0.472. The average Bonchev–Trinajstić information content (AvgIpc) is 2.26. The van der Waals surface area contributed by atoms with E-state index in [0.717, 1.165) is 0 Å². The smallest absolute Gasteiger partial charge is 0.269 e. The highest BCUT2D eigenvalue weighted by Gasteiger charge is 2.07. The highest BCUT2D eigenvalue weighted by Crippen LogP contribution is 2.12. The first kappa shape index (κ1) is 12.8. The van der Waals surface area contributed by atoms with Crippen molar-refractivity contribution in [2.75, 3.05) is 0 Å². The molecule has 1 N–H and O–H groups in total. The summed E-state index contributed by atoms with van der Waals surface area (Å²) >= 11 is 0. The van der Waals surface area contributed by atoms with Gasteiger partial charge in [0.05, 0.1) is 11.3 Å². The number of carbonyl (C=O) groups is 2. The molecule has 0 saturated carbocycles. The van der Waals surface area contributed by atoms with Crippen molar-refractivity contribution >= 4 is 17.4 Å². The third-order valence-corrected chi connectivity index (χ3v) is 2.02. The molecule has 6 nitrogen and oxygen atoms in total. The number of rotatable bonds is 5. The first-order chi connectivity index (χ1) is 7.99. The largest absolute Gasteiger partial charge is 0.352 e. The van der Waals surface area contributed by atoms with Gasteiger partial charge in [0.25, 0.3) is 5.69 Å². The van der Waals surface area contributed by atoms with Crippen LogP contribution in [0.4, 0.5) is 5.69 Å². The van der Waals surface area contributed by atoms with Crippen LogP contribution in [0.1, 0.15) is 18.9 Å². The molecule has 0 saturated heterocycles. The van der Waals surface area contributed by atoms with E-state index in [2.05, 4.69) is 5.32 Å². The van der Waals surface area contributed by atoms with Crippen molar-refractivity contribution in [1.29, 1.82) is 0 Å². The van der Waals surface area contributed by atoms with Crippen LogP contribution < -0.4 is 5.32 Å². The Kier molecular flexibility index (Phi) is 4.33. The monoisotopic (exact) mass is 236 g/mol. The normalized spacial score (nSPS) is 9.71. The van der Waals surface area contributed by atoms with Gasteiger partial charge in [-0.3, -0.25) is 19.7 Å². The molecule has 1 amide bonds. The summed E-state index contributed by atoms with van der Waals surface area (Å²) in [7, 11) is 0. The second-order valence-corrected chi connectivity index (χ2v) is 3.58. The summed E-state index contributed by atoms with van der Waals surface area (Å²) in [6.45, 7) is 1.50. The zero-order valence-corrected chi connectivity index (χ0v) is 9.30. The van der Waals surface area contributed by atoms with Crippen LogP contribution in [0, 0.1) is 10.1 Å². The van der Waals surface area contributed by atoms with E-state index >= 15 is 0 Å². The fraction of sp³-hybridized carbons (Fsp3) is 0.273. The van der Waals surface area contributed by atoms with Crippen molar-refractivity contribution < 1.29 is 14.5 Å². The van der Waals surface area contributed by atoms with Gasteiger partial charge in [-0.1, -0.05) is 12.1 Å². The number of Topliss-reactive ketones (excluding diaryl/α,β-unsaturated/α-hetero) is 1. The summed E-state index contributed by atoms with van der Waals surface area (Å²) in [4.78, 5) is 31.8. The summed E-state index contributed by atoms with van der Waals surface area (Å²) in [6, 6.07) is 5.97. The molecule has 1 aromatic rings. The standard InChI is InChI=1S/C11H12N2O4/c1-8(14)5-11(15)12-7-9-3-2-4-10(6-9)13(16)17/h2-4,6H,5,7H2,1H3,(H,12,15). The Bertz CT molecular complexity index is 457. The maximum Gasteiger partial charge on any atom is 0.269 e. The molecule has 17 heavy (non-hydrogen) atoms. The van der Waals surface area contributed by atoms with Crippen LogP contribution in [0.25, 0.3) is 0 Å². The lowest BCUT2D eigenvalue weighted by molar-refractivity contribution is -0.384. The zero-order valence-electron chi connectivity index (χ0n) is 9.30. The SMILES string of the molecule is CC(=O)CC(=O)NCc1cccc([N+](=O)[O-])c1. The van der Waals surface area contributed by atoms with Gasteiger partial charge in [-0.15, -0.1) is 0 Å². The number of nitrogens with one attached hydrogen (secondary N) is 1. The third-order valence-electron chi connectivity index (χ3n) is 2.02. The lowest BCUT2D eigenvalue weighted by Crippen LogP contribution is -2.24. The van der Waals surface area contributed by atoms with Gasteiger partial charge in [-0.2, -0.15) is 0 Å². The lowest BCUT2D eigenvalue weighted by Gasteiger charge is -2.03. The first-order valence-corrected chi connectivity index (χ1v) is 4.98. The molecule has 0 atom stereocenters. The van der Waals surface area contributed by atoms with Crippen molar-refractivity contribution in [2.24, 2.45) is 0 Å². The number of nitro groups is 1. The molecule has 6 heteroatoms. The second kappa shape index (κ2) is 5.74. The Hall–Kier alpha value is -2.24. The summed E-state index contributed by atoms with van der Waals surface area (Å²) in [6.07, 6.45) is -0.172. The molecule has 0 aliphatic carbocycles. The molecule has 0 heterocycles. The van der Waals surface area contributed by atoms with Crippen LogP contribution in [-0.4, -0.2) is 16.6 Å². The number of non-ortho nitro benzene ring substituents is 1. The minimum atomic E-state index is -0.499. The Morgan fingerprint density at radius 1 is 1.41 bits per heavy atom. The molecule has 0 aromatic heterocycles. The third kappa shape index (κ3) is 4.42. The number of ketones is 1. The maximum absolute atomic E-state index is 11.2. The topological polar surface area (TPSA) is 89.3 Å². The van der Waals surface area contributed by atoms with Gasteiger partial charge in [0.1, 0.15) is 5.78 Å². The number of nitro benzene ring substituents is 1. The van der Waals surface area contributed by atoms with E-state index in [1.807, 2.05) is 0 Å². The molecule has 0 aliphatic heterocycles. The molecule has 1 aromatic carbocycles. The van der Waals surface area contributed by atoms with Crippen LogP contribution in [0.5, 0.6) is 0 Å². The molecule has 0 aliphatic rings. The van der Waals surface area contributed by atoms with Gasteiger partial charge in [0.2, 0.25) is 5.91 Å². The fourth-order valence-electron chi connectivity index (χ4n) is 1.27.